The van der Waals surface area contributed by atoms with Gasteiger partial charge in [0, 0.05) is 0 Å². The van der Waals surface area contributed by atoms with Crippen molar-refractivity contribution in [3.63, 3.8) is 0 Å². The van der Waals surface area contributed by atoms with Crippen LogP contribution in [0.3, 0.4) is 0 Å². The molecule has 0 fully saturated rings. The summed E-state index contributed by atoms with van der Waals surface area (Å²) in [4.78, 5) is 0. The van der Waals surface area contributed by atoms with Crippen LogP contribution in [0.1, 0.15) is 22.6 Å². The van der Waals surface area contributed by atoms with Gasteiger partial charge in [0.1, 0.15) is 0 Å². The summed E-state index contributed by atoms with van der Waals surface area (Å²) < 4.78 is 0. The average molecular weight is 507 g/mol. The molecule has 0 saturated heterocycles. The van der Waals surface area contributed by atoms with Crippen molar-refractivity contribution < 1.29 is 69.7 Å². The molecule has 2 aromatic carbocycles. The third-order valence-corrected chi connectivity index (χ3v) is 3.09. The molecule has 1 aliphatic carbocycles. The van der Waals surface area contributed by atoms with Crippen molar-refractivity contribution >= 4 is 6.08 Å². The molecule has 0 nitrogen and oxygen atoms in total. The molecule has 0 aliphatic heterocycles. The largest absolute Gasteiger partial charge is 3.00 e. The molecule has 1 radical (unpaired) electrons. The molecule has 0 bridgehead atoms. The van der Waals surface area contributed by atoms with Crippen LogP contribution < -0.4 is 48.0 Å². The van der Waals surface area contributed by atoms with Gasteiger partial charge in [-0.1, -0.05) is 54.4 Å². The van der Waals surface area contributed by atoms with E-state index in [4.69, 9.17) is 0 Å². The summed E-state index contributed by atoms with van der Waals surface area (Å²) in [5, 5.41) is 0. The number of allylic oxidation sites excluding steroid dienone is 1. The second kappa shape index (κ2) is 9.32. The van der Waals surface area contributed by atoms with E-state index in [0.29, 0.717) is 5.92 Å². The minimum absolute atomic E-state index is 0. The van der Waals surface area contributed by atoms with Gasteiger partial charge < -0.3 is 48.0 Å². The molecule has 3 rings (SSSR count). The van der Waals surface area contributed by atoms with Gasteiger partial charge in [0.2, 0.25) is 0 Å². The second-order valence-corrected chi connectivity index (χ2v) is 4.18. The fourth-order valence-electron chi connectivity index (χ4n) is 2.26. The van der Waals surface area contributed by atoms with E-state index < -0.39 is 0 Å². The van der Waals surface area contributed by atoms with Crippen molar-refractivity contribution in [1.82, 2.24) is 0 Å². The van der Waals surface area contributed by atoms with Crippen LogP contribution in [0.15, 0.2) is 54.6 Å². The van der Waals surface area contributed by atoms with Crippen molar-refractivity contribution in [3.05, 3.63) is 77.4 Å². The first-order valence-electron chi connectivity index (χ1n) is 5.65. The molecule has 0 aromatic heterocycles. The summed E-state index contributed by atoms with van der Waals surface area (Å²) in [5.41, 5.74) is 4.11. The Bertz CT molecular complexity index is 523. The molecule has 1 atom stereocenters. The molecule has 0 N–H and O–H groups in total. The van der Waals surface area contributed by atoms with Crippen LogP contribution in [0.5, 0.6) is 0 Å². The molecule has 0 saturated carbocycles. The molecular weight excluding hydrogens is 494 g/mol. The van der Waals surface area contributed by atoms with Crippen molar-refractivity contribution in [3.8, 4) is 0 Å². The van der Waals surface area contributed by atoms with E-state index in [2.05, 4.69) is 66.7 Å². The number of halogens is 2. The summed E-state index contributed by atoms with van der Waals surface area (Å²) >= 11 is 0. The van der Waals surface area contributed by atoms with Gasteiger partial charge >= 0.3 is 21.7 Å². The molecule has 95 valence electrons. The average Bonchev–Trinajstić information content (AvgIpc) is 2.74. The Kier molecular flexibility index (Phi) is 9.49. The zero-order valence-electron chi connectivity index (χ0n) is 10.3. The van der Waals surface area contributed by atoms with Crippen LogP contribution in [0.2, 0.25) is 0 Å². The first kappa shape index (κ1) is 19.4. The Morgan fingerprint density at radius 3 is 2.21 bits per heavy atom. The molecule has 3 heteroatoms. The van der Waals surface area contributed by atoms with Crippen molar-refractivity contribution in [2.75, 3.05) is 0 Å². The van der Waals surface area contributed by atoms with E-state index in [1.807, 2.05) is 0 Å². The van der Waals surface area contributed by atoms with Crippen molar-refractivity contribution in [2.24, 2.45) is 0 Å². The second-order valence-electron chi connectivity index (χ2n) is 4.18. The maximum Gasteiger partial charge on any atom is 3.00 e. The standard InChI is InChI=1S/C16H13.2HI.Ti/c1-2-6-13(7-3-1)12-15-11-10-14-8-4-5-9-16(14)15;;;/h1-10,15H,12H2;2*1H;/q-1;;;+3/p-2. The SMILES string of the molecule is [C-]1=Cc2ccccc2C1Cc1ccccc1.[I-].[I-].[Ti+3]. The Balaban J connectivity index is 0.00000108. The van der Waals surface area contributed by atoms with Gasteiger partial charge in [-0.05, 0) is 12.0 Å². The molecule has 1 aliphatic rings. The maximum atomic E-state index is 3.45. The number of hydrogen-bond acceptors (Lipinski definition) is 0. The van der Waals surface area contributed by atoms with Crippen LogP contribution in [-0.2, 0) is 28.1 Å². The van der Waals surface area contributed by atoms with Gasteiger partial charge in [-0.15, -0.1) is 11.6 Å². The predicted octanol–water partition coefficient (Wildman–Crippen LogP) is -2.15. The predicted molar refractivity (Wildman–Crippen MR) is 67.0 cm³/mol. The number of rotatable bonds is 2. The Labute approximate surface area is 164 Å². The topological polar surface area (TPSA) is 0 Å². The first-order valence-corrected chi connectivity index (χ1v) is 5.65. The molecular formula is C16H13I2Ti. The molecule has 1 unspecified atom stereocenters. The Hall–Kier alpha value is 0.354. The smallest absolute Gasteiger partial charge is 1.00 e. The van der Waals surface area contributed by atoms with Gasteiger partial charge in [-0.25, -0.2) is 6.08 Å². The number of hydrogen-bond donors (Lipinski definition) is 0. The molecule has 0 spiro atoms. The molecule has 2 aromatic rings. The van der Waals surface area contributed by atoms with E-state index in [-0.39, 0.29) is 69.7 Å². The minimum atomic E-state index is 0. The third-order valence-electron chi connectivity index (χ3n) is 3.09. The summed E-state index contributed by atoms with van der Waals surface area (Å²) in [7, 11) is 0. The summed E-state index contributed by atoms with van der Waals surface area (Å²) in [6.07, 6.45) is 6.61. The minimum Gasteiger partial charge on any atom is -1.00 e. The maximum absolute atomic E-state index is 3.45. The van der Waals surface area contributed by atoms with Crippen LogP contribution in [0.25, 0.3) is 6.08 Å². The van der Waals surface area contributed by atoms with Gasteiger partial charge in [-0.2, -0.15) is 5.56 Å². The summed E-state index contributed by atoms with van der Waals surface area (Å²) in [6.45, 7) is 0. The number of benzene rings is 2. The molecule has 0 amide bonds. The first-order chi connectivity index (χ1) is 7.93. The number of fused-ring (bicyclic) bond motifs is 1. The van der Waals surface area contributed by atoms with E-state index in [9.17, 15) is 0 Å². The van der Waals surface area contributed by atoms with E-state index in [1.165, 1.54) is 16.7 Å². The van der Waals surface area contributed by atoms with Crippen molar-refractivity contribution in [2.45, 2.75) is 12.3 Å². The van der Waals surface area contributed by atoms with E-state index in [0.717, 1.165) is 6.42 Å². The van der Waals surface area contributed by atoms with Crippen LogP contribution in [-0.4, -0.2) is 0 Å². The zero-order chi connectivity index (χ0) is 10.8. The fourth-order valence-corrected chi connectivity index (χ4v) is 2.26. The fraction of sp³-hybridized carbons (Fsp3) is 0.125. The van der Waals surface area contributed by atoms with Crippen LogP contribution in [0.4, 0.5) is 0 Å². The summed E-state index contributed by atoms with van der Waals surface area (Å²) in [5.74, 6) is 0.429. The Morgan fingerprint density at radius 2 is 1.47 bits per heavy atom. The van der Waals surface area contributed by atoms with E-state index >= 15 is 0 Å². The molecule has 19 heavy (non-hydrogen) atoms. The Morgan fingerprint density at radius 1 is 0.842 bits per heavy atom. The summed E-state index contributed by atoms with van der Waals surface area (Å²) in [6, 6.07) is 19.2. The molecule has 0 heterocycles. The quantitative estimate of drug-likeness (QED) is 0.248. The van der Waals surface area contributed by atoms with Crippen molar-refractivity contribution in [1.29, 1.82) is 0 Å². The van der Waals surface area contributed by atoms with E-state index in [1.54, 1.807) is 0 Å². The monoisotopic (exact) mass is 507 g/mol. The van der Waals surface area contributed by atoms with Gasteiger partial charge in [0.15, 0.2) is 0 Å². The van der Waals surface area contributed by atoms with Gasteiger partial charge in [0.05, 0.1) is 0 Å². The normalized spacial score (nSPS) is 14.6. The van der Waals surface area contributed by atoms with Gasteiger partial charge in [0.25, 0.3) is 0 Å². The van der Waals surface area contributed by atoms with Gasteiger partial charge in [-0.3, -0.25) is 6.08 Å². The zero-order valence-corrected chi connectivity index (χ0v) is 16.2. The third kappa shape index (κ3) is 4.69. The van der Waals surface area contributed by atoms with Crippen LogP contribution >= 0.6 is 0 Å². The van der Waals surface area contributed by atoms with Crippen LogP contribution in [0, 0.1) is 6.08 Å².